The molecule has 1 amide bonds. The largest absolute Gasteiger partial charge is 0.744 e. The molecule has 1 aromatic carbocycles. The van der Waals surface area contributed by atoms with Crippen LogP contribution in [0.4, 0.5) is 0 Å². The zero-order valence-corrected chi connectivity index (χ0v) is 19.7. The number of carbonyl (C=O) groups is 1. The number of fused-ring (bicyclic) bond motifs is 3. The van der Waals surface area contributed by atoms with Crippen molar-refractivity contribution in [2.45, 2.75) is 24.8 Å². The number of nitrogens with zero attached hydrogens (tertiary/aromatic N) is 2. The fraction of sp³-hybridized carbons (Fsp3) is 0.185. The lowest BCUT2D eigenvalue weighted by Gasteiger charge is -2.33. The van der Waals surface area contributed by atoms with Crippen molar-refractivity contribution in [3.63, 3.8) is 0 Å². The van der Waals surface area contributed by atoms with Crippen LogP contribution in [-0.2, 0) is 14.9 Å². The molecule has 5 aliphatic rings. The number of amides is 1. The van der Waals surface area contributed by atoms with Gasteiger partial charge in [-0.05, 0) is 49.8 Å². The standard InChI is InChI=1S/C20H17N2O.C7H8O3S/c1-2-21-16-11-3-4-12-17(16)22-19(21)14-9-5-7-13-8-6-10-15(18(13)14)20(22)23;1-6-2-4-7(5-3-6)11(8,9)10/h3-12,17-18H,2H2,1H3;2-5H,1H3,(H,8,9,10)/q+1;/p-1. The van der Waals surface area contributed by atoms with Crippen molar-refractivity contribution in [1.82, 2.24) is 4.90 Å². The van der Waals surface area contributed by atoms with E-state index in [-0.39, 0.29) is 22.8 Å². The average Bonchev–Trinajstić information content (AvgIpc) is 3.17. The summed E-state index contributed by atoms with van der Waals surface area (Å²) in [7, 11) is -4.27. The van der Waals surface area contributed by atoms with Gasteiger partial charge < -0.3 is 4.55 Å². The Morgan fingerprint density at radius 1 is 1.00 bits per heavy atom. The molecule has 0 saturated carbocycles. The molecule has 0 aromatic heterocycles. The molecule has 2 unspecified atom stereocenters. The van der Waals surface area contributed by atoms with Gasteiger partial charge in [0.25, 0.3) is 5.82 Å². The second-order valence-electron chi connectivity index (χ2n) is 8.52. The van der Waals surface area contributed by atoms with Gasteiger partial charge >= 0.3 is 5.91 Å². The lowest BCUT2D eigenvalue weighted by molar-refractivity contribution is -0.478. The van der Waals surface area contributed by atoms with Crippen LogP contribution in [0.5, 0.6) is 0 Å². The molecule has 0 radical (unpaired) electrons. The smallest absolute Gasteiger partial charge is 0.339 e. The molecule has 7 heteroatoms. The van der Waals surface area contributed by atoms with Crippen molar-refractivity contribution in [3.05, 3.63) is 113 Å². The Balaban J connectivity index is 0.000000186. The van der Waals surface area contributed by atoms with Crippen LogP contribution in [0.25, 0.3) is 0 Å². The number of hydrogen-bond acceptors (Lipinski definition) is 4. The van der Waals surface area contributed by atoms with Crippen LogP contribution >= 0.6 is 0 Å². The van der Waals surface area contributed by atoms with Crippen LogP contribution in [0.15, 0.2) is 112 Å². The monoisotopic (exact) mass is 472 g/mol. The summed E-state index contributed by atoms with van der Waals surface area (Å²) in [5.74, 6) is 1.29. The molecule has 0 fully saturated rings. The quantitative estimate of drug-likeness (QED) is 0.487. The second-order valence-corrected chi connectivity index (χ2v) is 9.90. The first-order chi connectivity index (χ1) is 16.3. The fourth-order valence-corrected chi connectivity index (χ4v) is 5.43. The third kappa shape index (κ3) is 3.57. The molecule has 1 aromatic rings. The van der Waals surface area contributed by atoms with E-state index in [1.807, 2.05) is 30.1 Å². The molecule has 6 rings (SSSR count). The summed E-state index contributed by atoms with van der Waals surface area (Å²) in [5.41, 5.74) is 5.47. The zero-order chi connectivity index (χ0) is 24.0. The summed E-state index contributed by atoms with van der Waals surface area (Å²) in [5, 5.41) is 0. The Kier molecular flexibility index (Phi) is 5.46. The number of rotatable bonds is 2. The Hall–Kier alpha value is -3.55. The van der Waals surface area contributed by atoms with Crippen molar-refractivity contribution in [3.8, 4) is 0 Å². The second kappa shape index (κ2) is 8.34. The normalized spacial score (nSPS) is 23.7. The average molecular weight is 473 g/mol. The predicted octanol–water partition coefficient (Wildman–Crippen LogP) is 3.53. The van der Waals surface area contributed by atoms with Crippen molar-refractivity contribution < 1.29 is 22.3 Å². The molecule has 0 N–H and O–H groups in total. The van der Waals surface area contributed by atoms with E-state index in [4.69, 9.17) is 0 Å². The van der Waals surface area contributed by atoms with Crippen LogP contribution in [-0.4, -0.2) is 46.7 Å². The number of benzene rings is 1. The molecule has 34 heavy (non-hydrogen) atoms. The molecular formula is C27H24N2O4S. The first-order valence-corrected chi connectivity index (χ1v) is 12.6. The zero-order valence-electron chi connectivity index (χ0n) is 18.9. The Morgan fingerprint density at radius 3 is 2.44 bits per heavy atom. The highest BCUT2D eigenvalue weighted by Crippen LogP contribution is 2.45. The highest BCUT2D eigenvalue weighted by Gasteiger charge is 2.54. The maximum absolute atomic E-state index is 13.2. The highest BCUT2D eigenvalue weighted by atomic mass is 32.2. The molecule has 172 valence electrons. The number of hydrogen-bond donors (Lipinski definition) is 0. The van der Waals surface area contributed by atoms with Gasteiger partial charge in [0.05, 0.1) is 22.6 Å². The van der Waals surface area contributed by atoms with Crippen molar-refractivity contribution in [2.75, 3.05) is 6.54 Å². The van der Waals surface area contributed by atoms with E-state index in [0.29, 0.717) is 0 Å². The fourth-order valence-electron chi connectivity index (χ4n) is 4.96. The molecule has 2 aliphatic heterocycles. The van der Waals surface area contributed by atoms with E-state index in [2.05, 4.69) is 54.0 Å². The lowest BCUT2D eigenvalue weighted by Crippen LogP contribution is -2.45. The summed E-state index contributed by atoms with van der Waals surface area (Å²) in [6.45, 7) is 4.83. The summed E-state index contributed by atoms with van der Waals surface area (Å²) in [4.78, 5) is 15.0. The first kappa shape index (κ1) is 22.3. The van der Waals surface area contributed by atoms with Crippen LogP contribution in [0.2, 0.25) is 0 Å². The number of carbonyl (C=O) groups excluding carboxylic acids is 1. The minimum absolute atomic E-state index is 0.0189. The molecule has 0 spiro atoms. The van der Waals surface area contributed by atoms with E-state index < -0.39 is 10.1 Å². The Morgan fingerprint density at radius 2 is 1.74 bits per heavy atom. The van der Waals surface area contributed by atoms with E-state index in [9.17, 15) is 17.8 Å². The van der Waals surface area contributed by atoms with Crippen molar-refractivity contribution in [1.29, 1.82) is 0 Å². The Labute approximate surface area is 199 Å². The minimum atomic E-state index is -4.27. The summed E-state index contributed by atoms with van der Waals surface area (Å²) in [6.07, 6.45) is 20.8. The van der Waals surface area contributed by atoms with Gasteiger partial charge in [-0.1, -0.05) is 60.2 Å². The molecule has 6 nitrogen and oxygen atoms in total. The van der Waals surface area contributed by atoms with Crippen molar-refractivity contribution in [2.24, 2.45) is 5.92 Å². The third-order valence-corrected chi connectivity index (χ3v) is 7.33. The molecule has 2 heterocycles. The van der Waals surface area contributed by atoms with Gasteiger partial charge in [0.2, 0.25) is 0 Å². The molecule has 3 aliphatic carbocycles. The molecule has 0 bridgehead atoms. The predicted molar refractivity (Wildman–Crippen MR) is 129 cm³/mol. The number of allylic oxidation sites excluding steroid dienone is 10. The van der Waals surface area contributed by atoms with Gasteiger partial charge in [0, 0.05) is 5.92 Å². The van der Waals surface area contributed by atoms with Crippen LogP contribution in [0.3, 0.4) is 0 Å². The van der Waals surface area contributed by atoms with Gasteiger partial charge in [-0.3, -0.25) is 0 Å². The molecule has 0 saturated heterocycles. The van der Waals surface area contributed by atoms with Gasteiger partial charge in [-0.25, -0.2) is 17.8 Å². The number of aryl methyl sites for hydroxylation is 1. The van der Waals surface area contributed by atoms with E-state index in [0.717, 1.165) is 23.5 Å². The van der Waals surface area contributed by atoms with E-state index in [1.165, 1.54) is 29.0 Å². The highest BCUT2D eigenvalue weighted by molar-refractivity contribution is 7.85. The first-order valence-electron chi connectivity index (χ1n) is 11.2. The molecule has 2 atom stereocenters. The topological polar surface area (TPSA) is 80.5 Å². The van der Waals surface area contributed by atoms with Crippen LogP contribution < -0.4 is 0 Å². The SMILES string of the molecule is CC[N+]1=C2C=CC=CC2N2C(=O)C3=CC=CC4=CC=CC(=C21)C43.Cc1ccc(S(=O)(=O)[O-])cc1. The summed E-state index contributed by atoms with van der Waals surface area (Å²) in [6, 6.07) is 5.80. The van der Waals surface area contributed by atoms with E-state index in [1.54, 1.807) is 12.1 Å². The van der Waals surface area contributed by atoms with Gasteiger partial charge in [0.15, 0.2) is 11.8 Å². The lowest BCUT2D eigenvalue weighted by atomic mass is 9.76. The van der Waals surface area contributed by atoms with Crippen LogP contribution in [0, 0.1) is 12.8 Å². The third-order valence-electron chi connectivity index (χ3n) is 6.48. The van der Waals surface area contributed by atoms with E-state index >= 15 is 0 Å². The molecular weight excluding hydrogens is 448 g/mol. The van der Waals surface area contributed by atoms with Gasteiger partial charge in [-0.15, -0.1) is 0 Å². The van der Waals surface area contributed by atoms with Gasteiger partial charge in [-0.2, -0.15) is 4.90 Å². The van der Waals surface area contributed by atoms with Crippen LogP contribution in [0.1, 0.15) is 12.5 Å². The summed E-state index contributed by atoms with van der Waals surface area (Å²) < 4.78 is 33.5. The van der Waals surface area contributed by atoms with Gasteiger partial charge in [0.1, 0.15) is 10.1 Å². The van der Waals surface area contributed by atoms with Crippen molar-refractivity contribution >= 4 is 21.7 Å². The summed E-state index contributed by atoms with van der Waals surface area (Å²) >= 11 is 0. The Bertz CT molecular complexity index is 1430. The minimum Gasteiger partial charge on any atom is -0.744 e. The maximum atomic E-state index is 13.2. The maximum Gasteiger partial charge on any atom is 0.339 e.